The first-order valence-electron chi connectivity index (χ1n) is 6.03. The molecule has 1 unspecified atom stereocenters. The molecule has 1 aromatic rings. The van der Waals surface area contributed by atoms with Crippen LogP contribution in [0.3, 0.4) is 0 Å². The predicted molar refractivity (Wildman–Crippen MR) is 72.9 cm³/mol. The van der Waals surface area contributed by atoms with Crippen molar-refractivity contribution in [2.24, 2.45) is 11.8 Å². The summed E-state index contributed by atoms with van der Waals surface area (Å²) in [6, 6.07) is 6.60. The Labute approximate surface area is 111 Å². The molecule has 1 aliphatic carbocycles. The highest BCUT2D eigenvalue weighted by Crippen LogP contribution is 2.32. The van der Waals surface area contributed by atoms with Gasteiger partial charge in [0.05, 0.1) is 11.6 Å². The molecule has 0 heterocycles. The monoisotopic (exact) mass is 298 g/mol. The average Bonchev–Trinajstić information content (AvgIpc) is 2.26. The van der Waals surface area contributed by atoms with Gasteiger partial charge in [-0.2, -0.15) is 0 Å². The third-order valence-corrected chi connectivity index (χ3v) is 4.22. The highest BCUT2D eigenvalue weighted by Gasteiger charge is 2.26. The number of nitrogens with one attached hydrogen (secondary N) is 1. The first-order chi connectivity index (χ1) is 8.24. The molecular weight excluding hydrogens is 280 g/mol. The molecule has 4 heteroatoms. The van der Waals surface area contributed by atoms with E-state index in [1.165, 1.54) is 24.8 Å². The van der Waals surface area contributed by atoms with Crippen molar-refractivity contribution in [2.45, 2.75) is 31.7 Å². The highest BCUT2D eigenvalue weighted by atomic mass is 79.9. The van der Waals surface area contributed by atoms with Crippen molar-refractivity contribution in [1.29, 1.82) is 0 Å². The quantitative estimate of drug-likeness (QED) is 0.649. The second kappa shape index (κ2) is 5.85. The molecule has 3 nitrogen and oxygen atoms in total. The summed E-state index contributed by atoms with van der Waals surface area (Å²) in [4.78, 5) is 0. The van der Waals surface area contributed by atoms with Gasteiger partial charge in [-0.1, -0.05) is 12.5 Å². The van der Waals surface area contributed by atoms with Gasteiger partial charge < -0.3 is 4.74 Å². The van der Waals surface area contributed by atoms with Crippen molar-refractivity contribution < 1.29 is 4.74 Å². The lowest BCUT2D eigenvalue weighted by Crippen LogP contribution is -2.44. The van der Waals surface area contributed by atoms with Crippen LogP contribution in [0.25, 0.3) is 0 Å². The third kappa shape index (κ3) is 3.00. The van der Waals surface area contributed by atoms with Gasteiger partial charge in [0.15, 0.2) is 0 Å². The fourth-order valence-corrected chi connectivity index (χ4v) is 2.88. The molecule has 0 bridgehead atoms. The number of halogens is 1. The lowest BCUT2D eigenvalue weighted by Gasteiger charge is -2.33. The van der Waals surface area contributed by atoms with Gasteiger partial charge in [0.2, 0.25) is 0 Å². The number of hydrazine groups is 1. The second-order valence-corrected chi connectivity index (χ2v) is 5.49. The molecule has 0 aromatic heterocycles. The summed E-state index contributed by atoms with van der Waals surface area (Å²) in [6.45, 7) is 0. The zero-order valence-corrected chi connectivity index (χ0v) is 11.7. The van der Waals surface area contributed by atoms with Crippen LogP contribution in [0.5, 0.6) is 5.75 Å². The summed E-state index contributed by atoms with van der Waals surface area (Å²) in [6.07, 6.45) is 4.91. The summed E-state index contributed by atoms with van der Waals surface area (Å²) in [5.74, 6) is 7.25. The molecule has 0 aliphatic heterocycles. The van der Waals surface area contributed by atoms with E-state index in [0.717, 1.165) is 22.6 Å². The molecule has 0 saturated heterocycles. The molecule has 1 aromatic carbocycles. The summed E-state index contributed by atoms with van der Waals surface area (Å²) in [5.41, 5.74) is 4.24. The fraction of sp³-hybridized carbons (Fsp3) is 0.538. The van der Waals surface area contributed by atoms with Gasteiger partial charge in [-0.25, -0.2) is 0 Å². The number of benzene rings is 1. The van der Waals surface area contributed by atoms with Crippen LogP contribution >= 0.6 is 15.9 Å². The number of methoxy groups -OCH3 is 1. The van der Waals surface area contributed by atoms with E-state index in [4.69, 9.17) is 10.6 Å². The highest BCUT2D eigenvalue weighted by molar-refractivity contribution is 9.10. The molecule has 2 rings (SSSR count). The van der Waals surface area contributed by atoms with Crippen LogP contribution in [0.1, 0.15) is 24.8 Å². The minimum absolute atomic E-state index is 0.393. The lowest BCUT2D eigenvalue weighted by atomic mass is 9.78. The molecule has 1 fully saturated rings. The molecule has 1 aliphatic rings. The molecule has 0 spiro atoms. The van der Waals surface area contributed by atoms with E-state index in [9.17, 15) is 0 Å². The first kappa shape index (κ1) is 12.9. The number of nitrogens with two attached hydrogens (primary N) is 1. The Morgan fingerprint density at radius 1 is 1.53 bits per heavy atom. The standard InChI is InChI=1S/C13H19BrN2O/c1-17-13-6-5-9(7-11(13)14)8-12(16-15)10-3-2-4-10/h5-7,10,12,16H,2-4,8,15H2,1H3. The maximum Gasteiger partial charge on any atom is 0.133 e. The normalized spacial score (nSPS) is 17.6. The smallest absolute Gasteiger partial charge is 0.133 e. The Hall–Kier alpha value is -0.580. The molecule has 0 amide bonds. The van der Waals surface area contributed by atoms with Gasteiger partial charge >= 0.3 is 0 Å². The van der Waals surface area contributed by atoms with E-state index in [1.54, 1.807) is 7.11 Å². The topological polar surface area (TPSA) is 47.3 Å². The van der Waals surface area contributed by atoms with Crippen molar-refractivity contribution in [1.82, 2.24) is 5.43 Å². The van der Waals surface area contributed by atoms with Crippen LogP contribution in [0.15, 0.2) is 22.7 Å². The van der Waals surface area contributed by atoms with Crippen LogP contribution in [-0.2, 0) is 6.42 Å². The third-order valence-electron chi connectivity index (χ3n) is 3.60. The van der Waals surface area contributed by atoms with Crippen molar-refractivity contribution in [2.75, 3.05) is 7.11 Å². The summed E-state index contributed by atoms with van der Waals surface area (Å²) in [7, 11) is 1.68. The largest absolute Gasteiger partial charge is 0.496 e. The van der Waals surface area contributed by atoms with E-state index in [1.807, 2.05) is 6.07 Å². The summed E-state index contributed by atoms with van der Waals surface area (Å²) >= 11 is 3.51. The zero-order valence-electron chi connectivity index (χ0n) is 10.1. The zero-order chi connectivity index (χ0) is 12.3. The van der Waals surface area contributed by atoms with E-state index in [-0.39, 0.29) is 0 Å². The van der Waals surface area contributed by atoms with Crippen molar-refractivity contribution in [3.63, 3.8) is 0 Å². The van der Waals surface area contributed by atoms with Crippen LogP contribution in [-0.4, -0.2) is 13.2 Å². The molecule has 1 atom stereocenters. The van der Waals surface area contributed by atoms with Crippen LogP contribution < -0.4 is 16.0 Å². The van der Waals surface area contributed by atoms with Gasteiger partial charge in [-0.3, -0.25) is 11.3 Å². The number of hydrogen-bond acceptors (Lipinski definition) is 3. The molecule has 17 heavy (non-hydrogen) atoms. The Morgan fingerprint density at radius 2 is 2.29 bits per heavy atom. The first-order valence-corrected chi connectivity index (χ1v) is 6.82. The minimum Gasteiger partial charge on any atom is -0.496 e. The van der Waals surface area contributed by atoms with E-state index < -0.39 is 0 Å². The van der Waals surface area contributed by atoms with Crippen molar-refractivity contribution in [3.05, 3.63) is 28.2 Å². The fourth-order valence-electron chi connectivity index (χ4n) is 2.29. The Morgan fingerprint density at radius 3 is 2.76 bits per heavy atom. The number of hydrogen-bond donors (Lipinski definition) is 2. The van der Waals surface area contributed by atoms with Crippen molar-refractivity contribution >= 4 is 15.9 Å². The van der Waals surface area contributed by atoms with Gasteiger partial charge in [-0.15, -0.1) is 0 Å². The molecule has 94 valence electrons. The number of ether oxygens (including phenoxy) is 1. The van der Waals surface area contributed by atoms with Gasteiger partial charge in [0.25, 0.3) is 0 Å². The van der Waals surface area contributed by atoms with E-state index in [0.29, 0.717) is 6.04 Å². The average molecular weight is 299 g/mol. The summed E-state index contributed by atoms with van der Waals surface area (Å²) in [5, 5.41) is 0. The minimum atomic E-state index is 0.393. The maximum absolute atomic E-state index is 5.64. The number of rotatable bonds is 5. The Kier molecular flexibility index (Phi) is 4.42. The second-order valence-electron chi connectivity index (χ2n) is 4.64. The molecular formula is C13H19BrN2O. The molecule has 0 radical (unpaired) electrons. The van der Waals surface area contributed by atoms with Gasteiger partial charge in [-0.05, 0) is 58.8 Å². The maximum atomic E-state index is 5.64. The van der Waals surface area contributed by atoms with Crippen LogP contribution in [0.2, 0.25) is 0 Å². The summed E-state index contributed by atoms with van der Waals surface area (Å²) < 4.78 is 6.23. The van der Waals surface area contributed by atoms with E-state index >= 15 is 0 Å². The predicted octanol–water partition coefficient (Wildman–Crippen LogP) is 2.63. The lowest BCUT2D eigenvalue weighted by molar-refractivity contribution is 0.228. The van der Waals surface area contributed by atoms with E-state index in [2.05, 4.69) is 33.5 Å². The SMILES string of the molecule is COc1ccc(CC(NN)C2CCC2)cc1Br. The van der Waals surface area contributed by atoms with Gasteiger partial charge in [0.1, 0.15) is 5.75 Å². The molecule has 1 saturated carbocycles. The van der Waals surface area contributed by atoms with Crippen molar-refractivity contribution in [3.8, 4) is 5.75 Å². The Balaban J connectivity index is 2.03. The van der Waals surface area contributed by atoms with Crippen LogP contribution in [0.4, 0.5) is 0 Å². The molecule has 3 N–H and O–H groups in total. The van der Waals surface area contributed by atoms with Gasteiger partial charge in [0, 0.05) is 6.04 Å². The Bertz CT molecular complexity index is 380. The van der Waals surface area contributed by atoms with Crippen LogP contribution in [0, 0.1) is 5.92 Å².